The fraction of sp³-hybridized carbons (Fsp3) is 0.235. The Morgan fingerprint density at radius 2 is 1.92 bits per heavy atom. The molecule has 0 radical (unpaired) electrons. The molecule has 24 heavy (non-hydrogen) atoms. The second kappa shape index (κ2) is 6.49. The van der Waals surface area contributed by atoms with Gasteiger partial charge in [0, 0.05) is 18.1 Å². The summed E-state index contributed by atoms with van der Waals surface area (Å²) in [7, 11) is 0. The number of aromatic nitrogens is 4. The van der Waals surface area contributed by atoms with Crippen LogP contribution in [-0.2, 0) is 13.1 Å². The topological polar surface area (TPSA) is 72.7 Å². The zero-order valence-corrected chi connectivity index (χ0v) is 14.2. The Morgan fingerprint density at radius 1 is 1.17 bits per heavy atom. The van der Waals surface area contributed by atoms with Gasteiger partial charge in [-0.15, -0.1) is 0 Å². The van der Waals surface area contributed by atoms with Gasteiger partial charge in [-0.1, -0.05) is 29.8 Å². The SMILES string of the molecule is CCn1c(=O)c2[nH]c(/C=C/c3cccc(Cl)c3)nc2n(CC)c1=O. The van der Waals surface area contributed by atoms with Gasteiger partial charge >= 0.3 is 5.69 Å². The highest BCUT2D eigenvalue weighted by atomic mass is 35.5. The van der Waals surface area contributed by atoms with Crippen LogP contribution < -0.4 is 11.2 Å². The maximum absolute atomic E-state index is 12.4. The smallest absolute Gasteiger partial charge is 0.332 e. The Morgan fingerprint density at radius 3 is 2.58 bits per heavy atom. The number of rotatable bonds is 4. The van der Waals surface area contributed by atoms with E-state index in [0.717, 1.165) is 5.56 Å². The molecule has 124 valence electrons. The average Bonchev–Trinajstić information content (AvgIpc) is 2.98. The van der Waals surface area contributed by atoms with Gasteiger partial charge in [0.1, 0.15) is 11.3 Å². The minimum absolute atomic E-state index is 0.320. The zero-order valence-electron chi connectivity index (χ0n) is 13.4. The van der Waals surface area contributed by atoms with Crippen molar-refractivity contribution in [1.29, 1.82) is 0 Å². The summed E-state index contributed by atoms with van der Waals surface area (Å²) in [5.74, 6) is 0.512. The lowest BCUT2D eigenvalue weighted by molar-refractivity contribution is 0.605. The van der Waals surface area contributed by atoms with Crippen molar-refractivity contribution < 1.29 is 0 Å². The lowest BCUT2D eigenvalue weighted by Crippen LogP contribution is -2.39. The lowest BCUT2D eigenvalue weighted by atomic mass is 10.2. The number of nitrogens with one attached hydrogen (secondary N) is 1. The predicted molar refractivity (Wildman–Crippen MR) is 96.3 cm³/mol. The number of imidazole rings is 1. The van der Waals surface area contributed by atoms with Crippen molar-refractivity contribution in [3.05, 3.63) is 61.5 Å². The van der Waals surface area contributed by atoms with Gasteiger partial charge in [0.2, 0.25) is 0 Å². The summed E-state index contributed by atoms with van der Waals surface area (Å²) >= 11 is 5.96. The first-order valence-electron chi connectivity index (χ1n) is 7.72. The Hall–Kier alpha value is -2.60. The summed E-state index contributed by atoms with van der Waals surface area (Å²) in [5, 5.41) is 0.646. The molecule has 0 bridgehead atoms. The molecule has 3 aromatic rings. The summed E-state index contributed by atoms with van der Waals surface area (Å²) in [6, 6.07) is 7.40. The van der Waals surface area contributed by atoms with Crippen LogP contribution >= 0.6 is 11.6 Å². The molecule has 0 unspecified atom stereocenters. The first-order chi connectivity index (χ1) is 11.5. The third kappa shape index (κ3) is 2.80. The molecular weight excluding hydrogens is 328 g/mol. The van der Waals surface area contributed by atoms with Crippen molar-refractivity contribution in [2.45, 2.75) is 26.9 Å². The zero-order chi connectivity index (χ0) is 17.3. The highest BCUT2D eigenvalue weighted by Gasteiger charge is 2.14. The number of aryl methyl sites for hydroxylation is 1. The van der Waals surface area contributed by atoms with Crippen LogP contribution in [0.5, 0.6) is 0 Å². The van der Waals surface area contributed by atoms with Crippen LogP contribution in [0.15, 0.2) is 33.9 Å². The van der Waals surface area contributed by atoms with Crippen molar-refractivity contribution >= 4 is 34.9 Å². The summed E-state index contributed by atoms with van der Waals surface area (Å²) in [6.07, 6.45) is 3.60. The molecule has 0 saturated carbocycles. The molecule has 1 aromatic carbocycles. The van der Waals surface area contributed by atoms with Crippen LogP contribution in [0.2, 0.25) is 5.02 Å². The monoisotopic (exact) mass is 344 g/mol. The summed E-state index contributed by atoms with van der Waals surface area (Å²) in [4.78, 5) is 32.1. The van der Waals surface area contributed by atoms with E-state index in [0.29, 0.717) is 35.1 Å². The third-order valence-electron chi connectivity index (χ3n) is 3.79. The van der Waals surface area contributed by atoms with Crippen LogP contribution in [0.25, 0.3) is 23.3 Å². The number of aromatic amines is 1. The minimum Gasteiger partial charge on any atom is -0.333 e. The largest absolute Gasteiger partial charge is 0.333 e. The second-order valence-corrected chi connectivity index (χ2v) is 5.72. The van der Waals surface area contributed by atoms with Gasteiger partial charge in [-0.05, 0) is 37.6 Å². The molecule has 0 spiro atoms. The quantitative estimate of drug-likeness (QED) is 0.791. The van der Waals surface area contributed by atoms with E-state index in [-0.39, 0.29) is 11.2 Å². The Balaban J connectivity index is 2.13. The molecule has 0 amide bonds. The van der Waals surface area contributed by atoms with Crippen LogP contribution in [-0.4, -0.2) is 19.1 Å². The van der Waals surface area contributed by atoms with E-state index in [1.54, 1.807) is 19.1 Å². The van der Waals surface area contributed by atoms with E-state index in [1.165, 1.54) is 9.13 Å². The van der Waals surface area contributed by atoms with Gasteiger partial charge in [-0.2, -0.15) is 0 Å². The predicted octanol–water partition coefficient (Wildman–Crippen LogP) is 2.75. The Kier molecular flexibility index (Phi) is 4.40. The first kappa shape index (κ1) is 16.3. The molecule has 2 heterocycles. The molecule has 0 atom stereocenters. The molecule has 7 heteroatoms. The third-order valence-corrected chi connectivity index (χ3v) is 4.03. The Labute approximate surface area is 143 Å². The van der Waals surface area contributed by atoms with E-state index in [1.807, 2.05) is 31.2 Å². The molecule has 2 aromatic heterocycles. The maximum Gasteiger partial charge on any atom is 0.332 e. The number of hydrogen-bond donors (Lipinski definition) is 1. The summed E-state index contributed by atoms with van der Waals surface area (Å²) in [6.45, 7) is 4.38. The van der Waals surface area contributed by atoms with Gasteiger partial charge in [-0.3, -0.25) is 13.9 Å². The fourth-order valence-corrected chi connectivity index (χ4v) is 2.81. The van der Waals surface area contributed by atoms with Crippen LogP contribution in [0, 0.1) is 0 Å². The lowest BCUT2D eigenvalue weighted by Gasteiger charge is -2.06. The van der Waals surface area contributed by atoms with Crippen molar-refractivity contribution in [2.75, 3.05) is 0 Å². The van der Waals surface area contributed by atoms with Crippen LogP contribution in [0.3, 0.4) is 0 Å². The van der Waals surface area contributed by atoms with Crippen LogP contribution in [0.4, 0.5) is 0 Å². The molecule has 0 aliphatic carbocycles. The number of hydrogen-bond acceptors (Lipinski definition) is 3. The van der Waals surface area contributed by atoms with E-state index >= 15 is 0 Å². The summed E-state index contributed by atoms with van der Waals surface area (Å²) in [5.41, 5.74) is 0.945. The van der Waals surface area contributed by atoms with E-state index in [4.69, 9.17) is 11.6 Å². The number of nitrogens with zero attached hydrogens (tertiary/aromatic N) is 3. The van der Waals surface area contributed by atoms with Gasteiger partial charge in [-0.25, -0.2) is 9.78 Å². The van der Waals surface area contributed by atoms with Crippen molar-refractivity contribution in [3.8, 4) is 0 Å². The number of H-pyrrole nitrogens is 1. The number of benzene rings is 1. The molecule has 0 aliphatic rings. The maximum atomic E-state index is 12.4. The number of fused-ring (bicyclic) bond motifs is 1. The van der Waals surface area contributed by atoms with E-state index < -0.39 is 0 Å². The highest BCUT2D eigenvalue weighted by Crippen LogP contribution is 2.14. The summed E-state index contributed by atoms with van der Waals surface area (Å²) < 4.78 is 2.70. The molecule has 3 rings (SSSR count). The normalized spacial score (nSPS) is 11.6. The first-order valence-corrected chi connectivity index (χ1v) is 8.10. The molecule has 0 saturated heterocycles. The average molecular weight is 345 g/mol. The van der Waals surface area contributed by atoms with E-state index in [9.17, 15) is 9.59 Å². The standard InChI is InChI=1S/C17H17ClN4O2/c1-3-21-15-14(16(23)22(4-2)17(21)24)19-13(20-15)9-8-11-6-5-7-12(18)10-11/h5-10H,3-4H2,1-2H3,(H,19,20)/b9-8+. The number of halogens is 1. The minimum atomic E-state index is -0.350. The molecular formula is C17H17ClN4O2. The van der Waals surface area contributed by atoms with Crippen molar-refractivity contribution in [2.24, 2.45) is 0 Å². The molecule has 0 aliphatic heterocycles. The second-order valence-electron chi connectivity index (χ2n) is 5.29. The van der Waals surface area contributed by atoms with Gasteiger partial charge < -0.3 is 4.98 Å². The van der Waals surface area contributed by atoms with Crippen LogP contribution in [0.1, 0.15) is 25.2 Å². The van der Waals surface area contributed by atoms with Crippen molar-refractivity contribution in [1.82, 2.24) is 19.1 Å². The van der Waals surface area contributed by atoms with Gasteiger partial charge in [0.15, 0.2) is 5.65 Å². The van der Waals surface area contributed by atoms with Crippen molar-refractivity contribution in [3.63, 3.8) is 0 Å². The van der Waals surface area contributed by atoms with Gasteiger partial charge in [0.25, 0.3) is 5.56 Å². The molecule has 1 N–H and O–H groups in total. The Bertz CT molecular complexity index is 1040. The molecule has 0 fully saturated rings. The fourth-order valence-electron chi connectivity index (χ4n) is 2.61. The van der Waals surface area contributed by atoms with Gasteiger partial charge in [0.05, 0.1) is 0 Å². The van der Waals surface area contributed by atoms with E-state index in [2.05, 4.69) is 9.97 Å². The highest BCUT2D eigenvalue weighted by molar-refractivity contribution is 6.30. The molecule has 6 nitrogen and oxygen atoms in total.